The van der Waals surface area contributed by atoms with Crippen molar-refractivity contribution in [1.29, 1.82) is 0 Å². The maximum atomic E-state index is 12.8. The molecule has 0 radical (unpaired) electrons. The van der Waals surface area contributed by atoms with E-state index in [1.165, 1.54) is 42.5 Å². The first kappa shape index (κ1) is 33.8. The number of aliphatic hydroxyl groups excluding tert-OH is 1. The zero-order valence-corrected chi connectivity index (χ0v) is 25.4. The Morgan fingerprint density at radius 3 is 1.86 bits per heavy atom. The van der Waals surface area contributed by atoms with E-state index in [2.05, 4.69) is 15.6 Å². The molecular formula is C30H39N3O9. The third kappa shape index (κ3) is 12.0. The van der Waals surface area contributed by atoms with Gasteiger partial charge in [-0.1, -0.05) is 6.07 Å². The van der Waals surface area contributed by atoms with Crippen molar-refractivity contribution >= 4 is 35.8 Å². The van der Waals surface area contributed by atoms with Crippen LogP contribution in [0.5, 0.6) is 5.75 Å². The van der Waals surface area contributed by atoms with Gasteiger partial charge in [-0.2, -0.15) is 0 Å². The highest BCUT2D eigenvalue weighted by atomic mass is 16.6. The first-order chi connectivity index (χ1) is 19.2. The third-order valence-corrected chi connectivity index (χ3v) is 4.68. The molecule has 2 aromatic rings. The molecule has 12 heteroatoms. The summed E-state index contributed by atoms with van der Waals surface area (Å²) < 4.78 is 21.2. The van der Waals surface area contributed by atoms with Gasteiger partial charge in [-0.3, -0.25) is 5.32 Å². The summed E-state index contributed by atoms with van der Waals surface area (Å²) in [5.74, 6) is -1.56. The number of nitrogens with one attached hydrogen (secondary N) is 2. The molecular weight excluding hydrogens is 546 g/mol. The number of alkyl carbamates (subject to hydrolysis) is 1. The van der Waals surface area contributed by atoms with Crippen molar-refractivity contribution < 1.29 is 43.2 Å². The number of benzene rings is 2. The van der Waals surface area contributed by atoms with Crippen molar-refractivity contribution in [2.24, 2.45) is 4.99 Å². The van der Waals surface area contributed by atoms with Gasteiger partial charge in [0.25, 0.3) is 0 Å². The lowest BCUT2D eigenvalue weighted by Gasteiger charge is -2.21. The number of anilines is 1. The minimum absolute atomic E-state index is 0.0755. The molecule has 0 aromatic heterocycles. The number of nitrogens with zero attached hydrogens (tertiary/aromatic N) is 1. The average molecular weight is 586 g/mol. The average Bonchev–Trinajstić information content (AvgIpc) is 2.80. The van der Waals surface area contributed by atoms with E-state index < -0.39 is 47.5 Å². The standard InChI is InChI=1S/C30H39N3O9/c1-28(2,3)40-24(36)22-16-21(15-12-19(22)17-34)39-23(35)18-10-13-20(14-11-18)31-25(32-26(37)41-29(4,5)6)33-27(38)42-30(7,8)9/h10-16,34H,17H2,1-9H3,(H2,31,32,33,37,38). The summed E-state index contributed by atoms with van der Waals surface area (Å²) in [4.78, 5) is 53.8. The molecule has 0 aliphatic carbocycles. The highest BCUT2D eigenvalue weighted by molar-refractivity contribution is 6.06. The minimum Gasteiger partial charge on any atom is -0.456 e. The monoisotopic (exact) mass is 585 g/mol. The van der Waals surface area contributed by atoms with Crippen LogP contribution in [0.15, 0.2) is 47.5 Å². The number of ether oxygens (including phenoxy) is 4. The number of esters is 2. The molecule has 0 spiro atoms. The lowest BCUT2D eigenvalue weighted by atomic mass is 10.1. The molecule has 2 amide bonds. The zero-order chi connectivity index (χ0) is 31.9. The van der Waals surface area contributed by atoms with Crippen LogP contribution in [0.1, 0.15) is 88.6 Å². The summed E-state index contributed by atoms with van der Waals surface area (Å²) >= 11 is 0. The van der Waals surface area contributed by atoms with E-state index in [4.69, 9.17) is 18.9 Å². The Morgan fingerprint density at radius 2 is 1.33 bits per heavy atom. The summed E-state index contributed by atoms with van der Waals surface area (Å²) in [6.45, 7) is 14.8. The smallest absolute Gasteiger partial charge is 0.437 e. The van der Waals surface area contributed by atoms with E-state index in [0.717, 1.165) is 0 Å². The normalized spacial score (nSPS) is 12.2. The lowest BCUT2D eigenvalue weighted by molar-refractivity contribution is 0.00651. The van der Waals surface area contributed by atoms with Crippen LogP contribution in [-0.4, -0.2) is 52.0 Å². The maximum absolute atomic E-state index is 12.8. The van der Waals surface area contributed by atoms with Gasteiger partial charge in [0.2, 0.25) is 5.96 Å². The fraction of sp³-hybridized carbons (Fsp3) is 0.433. The first-order valence-electron chi connectivity index (χ1n) is 13.1. The number of amides is 2. The van der Waals surface area contributed by atoms with Crippen LogP contribution in [0.25, 0.3) is 0 Å². The molecule has 0 fully saturated rings. The molecule has 0 atom stereocenters. The highest BCUT2D eigenvalue weighted by Gasteiger charge is 2.23. The van der Waals surface area contributed by atoms with Crippen molar-refractivity contribution in [3.8, 4) is 5.75 Å². The fourth-order valence-corrected chi connectivity index (χ4v) is 3.14. The maximum Gasteiger partial charge on any atom is 0.437 e. The van der Waals surface area contributed by atoms with E-state index in [1.54, 1.807) is 62.3 Å². The SMILES string of the molecule is CC(C)(C)OC(=O)/N=C(/NC(=O)OC(C)(C)C)Nc1ccc(C(=O)Oc2ccc(CO)c(C(=O)OC(C)(C)C)c2)cc1. The second-order valence-corrected chi connectivity index (χ2v) is 12.1. The van der Waals surface area contributed by atoms with Crippen LogP contribution in [0.3, 0.4) is 0 Å². The van der Waals surface area contributed by atoms with Gasteiger partial charge in [0.1, 0.15) is 22.6 Å². The largest absolute Gasteiger partial charge is 0.456 e. The molecule has 12 nitrogen and oxygen atoms in total. The van der Waals surface area contributed by atoms with E-state index >= 15 is 0 Å². The van der Waals surface area contributed by atoms with Gasteiger partial charge in [-0.25, -0.2) is 19.2 Å². The Morgan fingerprint density at radius 1 is 0.762 bits per heavy atom. The van der Waals surface area contributed by atoms with Gasteiger partial charge in [0.05, 0.1) is 17.7 Å². The molecule has 0 aliphatic rings. The van der Waals surface area contributed by atoms with E-state index in [1.807, 2.05) is 0 Å². The molecule has 42 heavy (non-hydrogen) atoms. The number of hydrogen-bond acceptors (Lipinski definition) is 9. The predicted molar refractivity (Wildman–Crippen MR) is 156 cm³/mol. The summed E-state index contributed by atoms with van der Waals surface area (Å²) in [6.07, 6.45) is -1.80. The van der Waals surface area contributed by atoms with Gasteiger partial charge < -0.3 is 29.4 Å². The van der Waals surface area contributed by atoms with Gasteiger partial charge in [-0.05, 0) is 104 Å². The van der Waals surface area contributed by atoms with Crippen LogP contribution in [0.2, 0.25) is 0 Å². The van der Waals surface area contributed by atoms with Crippen molar-refractivity contribution in [2.45, 2.75) is 85.7 Å². The van der Waals surface area contributed by atoms with Crippen molar-refractivity contribution in [3.63, 3.8) is 0 Å². The molecule has 0 bridgehead atoms. The molecule has 0 saturated heterocycles. The zero-order valence-electron chi connectivity index (χ0n) is 25.4. The number of carbonyl (C=O) groups excluding carboxylic acids is 4. The van der Waals surface area contributed by atoms with Gasteiger partial charge in [0.15, 0.2) is 0 Å². The third-order valence-electron chi connectivity index (χ3n) is 4.68. The highest BCUT2D eigenvalue weighted by Crippen LogP contribution is 2.23. The van der Waals surface area contributed by atoms with Gasteiger partial charge in [-0.15, -0.1) is 4.99 Å². The predicted octanol–water partition coefficient (Wildman–Crippen LogP) is 5.58. The number of aliphatic hydroxyl groups is 1. The number of aliphatic imine (C=N–C) groups is 1. The van der Waals surface area contributed by atoms with Crippen LogP contribution in [0, 0.1) is 0 Å². The summed E-state index contributed by atoms with van der Waals surface area (Å²) in [7, 11) is 0. The summed E-state index contributed by atoms with van der Waals surface area (Å²) in [5, 5.41) is 14.8. The second kappa shape index (κ2) is 13.5. The van der Waals surface area contributed by atoms with E-state index in [9.17, 15) is 24.3 Å². The van der Waals surface area contributed by atoms with E-state index in [0.29, 0.717) is 11.3 Å². The summed E-state index contributed by atoms with van der Waals surface area (Å²) in [5.41, 5.74) is -1.44. The van der Waals surface area contributed by atoms with Crippen LogP contribution >= 0.6 is 0 Å². The number of guanidine groups is 1. The molecule has 2 rings (SSSR count). The molecule has 0 aliphatic heterocycles. The van der Waals surface area contributed by atoms with E-state index in [-0.39, 0.29) is 22.8 Å². The van der Waals surface area contributed by atoms with Crippen LogP contribution < -0.4 is 15.4 Å². The second-order valence-electron chi connectivity index (χ2n) is 12.1. The molecule has 0 unspecified atom stereocenters. The molecule has 0 saturated carbocycles. The van der Waals surface area contributed by atoms with Crippen molar-refractivity contribution in [3.05, 3.63) is 59.2 Å². The molecule has 3 N–H and O–H groups in total. The number of rotatable bonds is 5. The Labute approximate surface area is 245 Å². The Balaban J connectivity index is 2.21. The van der Waals surface area contributed by atoms with Crippen LogP contribution in [0.4, 0.5) is 15.3 Å². The number of hydrogen-bond donors (Lipinski definition) is 3. The molecule has 228 valence electrons. The Kier molecular flexibility index (Phi) is 10.8. The van der Waals surface area contributed by atoms with Crippen molar-refractivity contribution in [2.75, 3.05) is 5.32 Å². The lowest BCUT2D eigenvalue weighted by Crippen LogP contribution is -2.40. The van der Waals surface area contributed by atoms with Crippen LogP contribution in [-0.2, 0) is 20.8 Å². The minimum atomic E-state index is -0.945. The topological polar surface area (TPSA) is 162 Å². The number of carbonyl (C=O) groups is 4. The quantitative estimate of drug-likeness (QED) is 0.133. The van der Waals surface area contributed by atoms with Gasteiger partial charge in [0, 0.05) is 5.69 Å². The fourth-order valence-electron chi connectivity index (χ4n) is 3.14. The van der Waals surface area contributed by atoms with Gasteiger partial charge >= 0.3 is 24.1 Å². The summed E-state index contributed by atoms with van der Waals surface area (Å²) in [6, 6.07) is 10.1. The molecule has 0 heterocycles. The first-order valence-corrected chi connectivity index (χ1v) is 13.1. The van der Waals surface area contributed by atoms with Crippen molar-refractivity contribution in [1.82, 2.24) is 5.32 Å². The Bertz CT molecular complexity index is 1330. The Hall–Kier alpha value is -4.45. The molecule has 2 aromatic carbocycles.